The molecule has 0 saturated heterocycles. The van der Waals surface area contributed by atoms with Crippen LogP contribution in [0.15, 0.2) is 0 Å². The third kappa shape index (κ3) is 18.0. The lowest BCUT2D eigenvalue weighted by molar-refractivity contribution is 0.451. The van der Waals surface area contributed by atoms with Gasteiger partial charge in [-0.3, -0.25) is 0 Å². The van der Waals surface area contributed by atoms with Crippen molar-refractivity contribution < 1.29 is 0 Å². The Bertz CT molecular complexity index is 194. The minimum absolute atomic E-state index is 0.222. The maximum absolute atomic E-state index is 6.12. The Morgan fingerprint density at radius 2 is 1.00 bits per heavy atom. The van der Waals surface area contributed by atoms with E-state index in [1.54, 1.807) is 0 Å². The highest BCUT2D eigenvalue weighted by Crippen LogP contribution is 2.09. The van der Waals surface area contributed by atoms with Crippen LogP contribution in [0, 0.1) is 0 Å². The largest absolute Gasteiger partial charge is 0.316 e. The smallest absolute Gasteiger partial charge is 0.0546 e. The third-order valence-corrected chi connectivity index (χ3v) is 4.56. The molecular weight excluding hydrogens is 268 g/mol. The molecule has 3 N–H and O–H groups in total. The molecular formula is C20H44N2. The molecule has 1 unspecified atom stereocenters. The van der Waals surface area contributed by atoms with Gasteiger partial charge in [-0.05, 0) is 19.4 Å². The molecule has 1 atom stereocenters. The zero-order valence-corrected chi connectivity index (χ0v) is 15.7. The Kier molecular flexibility index (Phi) is 18.9. The molecule has 0 aromatic heterocycles. The van der Waals surface area contributed by atoms with E-state index in [-0.39, 0.29) is 6.17 Å². The average Bonchev–Trinajstić information content (AvgIpc) is 2.52. The van der Waals surface area contributed by atoms with Gasteiger partial charge in [0.2, 0.25) is 0 Å². The molecule has 22 heavy (non-hydrogen) atoms. The monoisotopic (exact) mass is 312 g/mol. The van der Waals surface area contributed by atoms with E-state index in [2.05, 4.69) is 19.2 Å². The molecule has 0 rings (SSSR count). The number of nitrogens with two attached hydrogens (primary N) is 1. The summed E-state index contributed by atoms with van der Waals surface area (Å²) in [6.07, 6.45) is 22.1. The Morgan fingerprint density at radius 3 is 1.50 bits per heavy atom. The molecule has 0 aliphatic heterocycles. The number of nitrogens with one attached hydrogen (secondary N) is 1. The average molecular weight is 313 g/mol. The fourth-order valence-electron chi connectivity index (χ4n) is 2.97. The molecule has 0 aliphatic carbocycles. The van der Waals surface area contributed by atoms with E-state index >= 15 is 0 Å². The lowest BCUT2D eigenvalue weighted by Gasteiger charge is -2.13. The first kappa shape index (κ1) is 21.9. The van der Waals surface area contributed by atoms with Gasteiger partial charge in [0.1, 0.15) is 0 Å². The number of hydrogen-bond donors (Lipinski definition) is 2. The van der Waals surface area contributed by atoms with Gasteiger partial charge < -0.3 is 11.1 Å². The summed E-state index contributed by atoms with van der Waals surface area (Å²) in [5.74, 6) is 0. The molecule has 0 bridgehead atoms. The Hall–Kier alpha value is -0.0800. The van der Waals surface area contributed by atoms with E-state index in [1.165, 1.54) is 96.3 Å². The highest BCUT2D eigenvalue weighted by Gasteiger charge is 2.01. The fraction of sp³-hybridized carbons (Fsp3) is 1.00. The second-order valence-corrected chi connectivity index (χ2v) is 6.95. The van der Waals surface area contributed by atoms with Crippen molar-refractivity contribution in [3.05, 3.63) is 0 Å². The van der Waals surface area contributed by atoms with Crippen LogP contribution in [0.3, 0.4) is 0 Å². The molecule has 0 spiro atoms. The van der Waals surface area contributed by atoms with E-state index in [1.807, 2.05) is 0 Å². The summed E-state index contributed by atoms with van der Waals surface area (Å²) >= 11 is 0. The van der Waals surface area contributed by atoms with Gasteiger partial charge in [-0.1, -0.05) is 104 Å². The Balaban J connectivity index is 3.11. The number of rotatable bonds is 18. The standard InChI is InChI=1S/C20H44N2/c1-3-5-7-9-11-13-15-17-19-22-20(21)18-16-14-12-10-8-6-4-2/h20,22H,3-19,21H2,1-2H3. The molecule has 134 valence electrons. The molecule has 0 aromatic carbocycles. The SMILES string of the molecule is CCCCCCCCCCNC(N)CCCCCCCCC. The second-order valence-electron chi connectivity index (χ2n) is 6.95. The third-order valence-electron chi connectivity index (χ3n) is 4.56. The van der Waals surface area contributed by atoms with Gasteiger partial charge in [0.15, 0.2) is 0 Å². The zero-order chi connectivity index (χ0) is 16.3. The summed E-state index contributed by atoms with van der Waals surface area (Å²) in [6, 6.07) is 0. The molecule has 0 radical (unpaired) electrons. The molecule has 0 aromatic rings. The van der Waals surface area contributed by atoms with Gasteiger partial charge >= 0.3 is 0 Å². The van der Waals surface area contributed by atoms with E-state index in [9.17, 15) is 0 Å². The van der Waals surface area contributed by atoms with Crippen LogP contribution in [-0.2, 0) is 0 Å². The van der Waals surface area contributed by atoms with E-state index < -0.39 is 0 Å². The van der Waals surface area contributed by atoms with Crippen molar-refractivity contribution in [1.29, 1.82) is 0 Å². The summed E-state index contributed by atoms with van der Waals surface area (Å²) in [7, 11) is 0. The van der Waals surface area contributed by atoms with Crippen LogP contribution < -0.4 is 11.1 Å². The molecule has 0 amide bonds. The van der Waals surface area contributed by atoms with Crippen molar-refractivity contribution in [3.63, 3.8) is 0 Å². The first-order valence-electron chi connectivity index (χ1n) is 10.3. The van der Waals surface area contributed by atoms with Crippen molar-refractivity contribution >= 4 is 0 Å². The zero-order valence-electron chi connectivity index (χ0n) is 15.7. The summed E-state index contributed by atoms with van der Waals surface area (Å²) in [6.45, 7) is 5.66. The molecule has 2 heteroatoms. The lowest BCUT2D eigenvalue weighted by atomic mass is 10.1. The Labute approximate surface area is 141 Å². The Morgan fingerprint density at radius 1 is 0.591 bits per heavy atom. The van der Waals surface area contributed by atoms with Crippen molar-refractivity contribution in [2.45, 2.75) is 123 Å². The maximum Gasteiger partial charge on any atom is 0.0546 e. The quantitative estimate of drug-likeness (QED) is 0.235. The minimum atomic E-state index is 0.222. The van der Waals surface area contributed by atoms with Gasteiger partial charge in [0, 0.05) is 0 Å². The van der Waals surface area contributed by atoms with Gasteiger partial charge in [-0.15, -0.1) is 0 Å². The number of unbranched alkanes of at least 4 members (excludes halogenated alkanes) is 13. The summed E-state index contributed by atoms with van der Waals surface area (Å²) in [4.78, 5) is 0. The van der Waals surface area contributed by atoms with Gasteiger partial charge in [-0.2, -0.15) is 0 Å². The highest BCUT2D eigenvalue weighted by molar-refractivity contribution is 4.60. The normalized spacial score (nSPS) is 12.7. The van der Waals surface area contributed by atoms with E-state index in [4.69, 9.17) is 5.73 Å². The van der Waals surface area contributed by atoms with Crippen molar-refractivity contribution in [3.8, 4) is 0 Å². The lowest BCUT2D eigenvalue weighted by Crippen LogP contribution is -2.37. The summed E-state index contributed by atoms with van der Waals surface area (Å²) < 4.78 is 0. The van der Waals surface area contributed by atoms with Crippen molar-refractivity contribution in [2.75, 3.05) is 6.54 Å². The second kappa shape index (κ2) is 19.0. The number of hydrogen-bond acceptors (Lipinski definition) is 2. The summed E-state index contributed by atoms with van der Waals surface area (Å²) in [5, 5.41) is 3.48. The molecule has 0 fully saturated rings. The van der Waals surface area contributed by atoms with Crippen LogP contribution in [0.25, 0.3) is 0 Å². The van der Waals surface area contributed by atoms with Crippen LogP contribution in [0.5, 0.6) is 0 Å². The van der Waals surface area contributed by atoms with Crippen LogP contribution >= 0.6 is 0 Å². The first-order chi connectivity index (χ1) is 10.8. The van der Waals surface area contributed by atoms with Crippen molar-refractivity contribution in [2.24, 2.45) is 5.73 Å². The topological polar surface area (TPSA) is 38.0 Å². The maximum atomic E-state index is 6.12. The van der Waals surface area contributed by atoms with Crippen LogP contribution in [0.4, 0.5) is 0 Å². The first-order valence-corrected chi connectivity index (χ1v) is 10.3. The van der Waals surface area contributed by atoms with Gasteiger partial charge in [0.25, 0.3) is 0 Å². The molecule has 0 saturated carbocycles. The van der Waals surface area contributed by atoms with Crippen LogP contribution in [-0.4, -0.2) is 12.7 Å². The van der Waals surface area contributed by atoms with E-state index in [0.717, 1.165) is 13.0 Å². The minimum Gasteiger partial charge on any atom is -0.316 e. The summed E-state index contributed by atoms with van der Waals surface area (Å²) in [5.41, 5.74) is 6.12. The highest BCUT2D eigenvalue weighted by atomic mass is 15.0. The molecule has 2 nitrogen and oxygen atoms in total. The van der Waals surface area contributed by atoms with Gasteiger partial charge in [0.05, 0.1) is 6.17 Å². The van der Waals surface area contributed by atoms with Gasteiger partial charge in [-0.25, -0.2) is 0 Å². The van der Waals surface area contributed by atoms with E-state index in [0.29, 0.717) is 0 Å². The molecule has 0 heterocycles. The van der Waals surface area contributed by atoms with Crippen molar-refractivity contribution in [1.82, 2.24) is 5.32 Å². The van der Waals surface area contributed by atoms with Crippen LogP contribution in [0.2, 0.25) is 0 Å². The molecule has 0 aliphatic rings. The van der Waals surface area contributed by atoms with Crippen LogP contribution in [0.1, 0.15) is 117 Å². The fourth-order valence-corrected chi connectivity index (χ4v) is 2.97. The predicted octanol–water partition coefficient (Wildman–Crippen LogP) is 6.14. The predicted molar refractivity (Wildman–Crippen MR) is 101 cm³/mol.